The first-order valence-electron chi connectivity index (χ1n) is 22.2. The number of ether oxygens (including phenoxy) is 2. The van der Waals surface area contributed by atoms with Crippen molar-refractivity contribution in [1.82, 2.24) is 40.1 Å². The highest BCUT2D eigenvalue weighted by Crippen LogP contribution is 2.43. The van der Waals surface area contributed by atoms with Crippen LogP contribution in [0, 0.1) is 28.6 Å². The van der Waals surface area contributed by atoms with Gasteiger partial charge in [-0.15, -0.1) is 11.3 Å². The molecule has 2 N–H and O–H groups in total. The lowest BCUT2D eigenvalue weighted by atomic mass is 9.78. The number of carbonyl (C=O) groups is 5. The van der Waals surface area contributed by atoms with Crippen LogP contribution in [0.3, 0.4) is 0 Å². The summed E-state index contributed by atoms with van der Waals surface area (Å²) in [5.74, 6) is 3.07. The number of rotatable bonds is 7. The number of carbonyl (C=O) groups excluding carboxylic acids is 5. The van der Waals surface area contributed by atoms with E-state index in [2.05, 4.69) is 66.2 Å². The van der Waals surface area contributed by atoms with E-state index in [4.69, 9.17) is 19.4 Å². The lowest BCUT2D eigenvalue weighted by Crippen LogP contribution is -2.64. The Morgan fingerprint density at radius 3 is 2.62 bits per heavy atom. The maximum absolute atomic E-state index is 14.6. The molecule has 4 amide bonds. The van der Waals surface area contributed by atoms with E-state index in [1.54, 1.807) is 30.0 Å². The summed E-state index contributed by atoms with van der Waals surface area (Å²) in [7, 11) is 3.73. The van der Waals surface area contributed by atoms with Crippen LogP contribution in [0.25, 0.3) is 33.4 Å². The van der Waals surface area contributed by atoms with Crippen LogP contribution in [0.2, 0.25) is 0 Å². The molecular weight excluding hydrogens is 833 g/mol. The summed E-state index contributed by atoms with van der Waals surface area (Å²) in [5, 5.41) is 8.11. The van der Waals surface area contributed by atoms with Crippen LogP contribution < -0.4 is 10.7 Å². The number of amides is 4. The van der Waals surface area contributed by atoms with E-state index in [1.165, 1.54) is 16.3 Å². The number of pyridine rings is 1. The van der Waals surface area contributed by atoms with E-state index < -0.39 is 46.7 Å². The molecule has 4 aliphatic rings. The zero-order valence-electron chi connectivity index (χ0n) is 37.9. The first kappa shape index (κ1) is 45.0. The number of thiazole rings is 1. The van der Waals surface area contributed by atoms with Gasteiger partial charge in [0.25, 0.3) is 11.8 Å². The molecule has 4 aromatic rings. The quantitative estimate of drug-likeness (QED) is 0.194. The van der Waals surface area contributed by atoms with E-state index in [-0.39, 0.29) is 50.0 Å². The highest BCUT2D eigenvalue weighted by Gasteiger charge is 2.58. The van der Waals surface area contributed by atoms with E-state index in [0.29, 0.717) is 43.8 Å². The average Bonchev–Trinajstić information content (AvgIpc) is 3.94. The number of nitrogens with zero attached hydrogens (tertiary/aromatic N) is 6. The molecule has 7 heterocycles. The maximum Gasteiger partial charge on any atom is 0.324 e. The van der Waals surface area contributed by atoms with Gasteiger partial charge < -0.3 is 29.2 Å². The lowest BCUT2D eigenvalue weighted by Gasteiger charge is -2.46. The van der Waals surface area contributed by atoms with Crippen molar-refractivity contribution in [3.63, 3.8) is 0 Å². The van der Waals surface area contributed by atoms with Crippen LogP contribution in [-0.2, 0) is 53.3 Å². The number of fused-ring (bicyclic) bond motifs is 6. The molecule has 0 aliphatic carbocycles. The van der Waals surface area contributed by atoms with Crippen LogP contribution in [0.1, 0.15) is 83.2 Å². The SMILES string of the molecule is CC#CC(=O)N1CC2(CCN([C@H](C(=O)N[C@H]3Cc4nc(cs4)-c4ccc5c(c4)c(c(-c4cccnc4[C@H](C)OC)n5C)CC(C)(C)COC(=O)[C@@H]4CCCN(N4)C3=O)C(C)C)C2=O)C1. The molecule has 64 heavy (non-hydrogen) atoms. The molecule has 338 valence electrons. The Balaban J connectivity index is 1.14. The van der Waals surface area contributed by atoms with Crippen molar-refractivity contribution >= 4 is 51.8 Å². The number of cyclic esters (lactones) is 1. The highest BCUT2D eigenvalue weighted by atomic mass is 32.1. The summed E-state index contributed by atoms with van der Waals surface area (Å²) < 4.78 is 14.0. The average molecular weight is 891 g/mol. The molecule has 16 heteroatoms. The molecule has 3 fully saturated rings. The largest absolute Gasteiger partial charge is 0.464 e. The summed E-state index contributed by atoms with van der Waals surface area (Å²) in [6, 6.07) is 7.59. The number of hydrogen-bond donors (Lipinski definition) is 2. The van der Waals surface area contributed by atoms with Crippen molar-refractivity contribution in [3.05, 3.63) is 58.2 Å². The van der Waals surface area contributed by atoms with Gasteiger partial charge in [-0.25, -0.2) is 10.4 Å². The molecule has 0 unspecified atom stereocenters. The van der Waals surface area contributed by atoms with Crippen molar-refractivity contribution in [2.75, 3.05) is 39.9 Å². The molecule has 1 spiro atoms. The van der Waals surface area contributed by atoms with Crippen LogP contribution in [0.5, 0.6) is 0 Å². The number of hydrazine groups is 1. The van der Waals surface area contributed by atoms with Crippen LogP contribution in [-0.4, -0.2) is 117 Å². The topological polar surface area (TPSA) is 168 Å². The van der Waals surface area contributed by atoms with Crippen molar-refractivity contribution in [2.45, 2.75) is 97.9 Å². The van der Waals surface area contributed by atoms with Gasteiger partial charge in [0, 0.05) is 85.8 Å². The molecular formula is C48H58N8O7S. The number of likely N-dealkylation sites (tertiary alicyclic amines) is 2. The molecule has 3 saturated heterocycles. The minimum atomic E-state index is -1.07. The fourth-order valence-electron chi connectivity index (χ4n) is 9.85. The van der Waals surface area contributed by atoms with Gasteiger partial charge in [-0.3, -0.25) is 34.0 Å². The van der Waals surface area contributed by atoms with Crippen molar-refractivity contribution in [1.29, 1.82) is 0 Å². The molecule has 8 rings (SSSR count). The lowest BCUT2D eigenvalue weighted by molar-refractivity contribution is -0.155. The molecule has 1 aromatic carbocycles. The second-order valence-electron chi connectivity index (χ2n) is 18.8. The van der Waals surface area contributed by atoms with E-state index in [9.17, 15) is 24.0 Å². The van der Waals surface area contributed by atoms with Crippen LogP contribution >= 0.6 is 11.3 Å². The summed E-state index contributed by atoms with van der Waals surface area (Å²) >= 11 is 1.41. The predicted octanol–water partition coefficient (Wildman–Crippen LogP) is 4.83. The summed E-state index contributed by atoms with van der Waals surface area (Å²) in [6.07, 6.45) is 3.70. The monoisotopic (exact) mass is 890 g/mol. The number of aromatic nitrogens is 3. The second kappa shape index (κ2) is 17.7. The van der Waals surface area contributed by atoms with E-state index in [1.807, 2.05) is 38.3 Å². The number of benzene rings is 1. The van der Waals surface area contributed by atoms with Gasteiger partial charge in [0.15, 0.2) is 0 Å². The Hall–Kier alpha value is -5.63. The predicted molar refractivity (Wildman–Crippen MR) is 242 cm³/mol. The third kappa shape index (κ3) is 8.41. The fraction of sp³-hybridized carbons (Fsp3) is 0.521. The molecule has 4 aliphatic heterocycles. The first-order chi connectivity index (χ1) is 30.5. The first-order valence-corrected chi connectivity index (χ1v) is 23.0. The van der Waals surface area contributed by atoms with Crippen molar-refractivity contribution in [2.24, 2.45) is 23.8 Å². The Morgan fingerprint density at radius 2 is 1.89 bits per heavy atom. The van der Waals surface area contributed by atoms with Crippen molar-refractivity contribution in [3.8, 4) is 34.4 Å². The zero-order valence-corrected chi connectivity index (χ0v) is 38.8. The van der Waals surface area contributed by atoms with Gasteiger partial charge in [-0.05, 0) is 81.2 Å². The fourth-order valence-corrected chi connectivity index (χ4v) is 10.7. The van der Waals surface area contributed by atoms with Crippen LogP contribution in [0.15, 0.2) is 41.9 Å². The molecule has 4 atom stereocenters. The summed E-state index contributed by atoms with van der Waals surface area (Å²) in [5.41, 5.74) is 8.39. The van der Waals surface area contributed by atoms with Crippen LogP contribution in [0.4, 0.5) is 0 Å². The normalized spacial score (nSPS) is 21.8. The molecule has 6 bridgehead atoms. The third-order valence-corrected chi connectivity index (χ3v) is 14.1. The van der Waals surface area contributed by atoms with Gasteiger partial charge in [0.2, 0.25) is 11.8 Å². The Kier molecular flexibility index (Phi) is 12.5. The Bertz CT molecular complexity index is 2560. The minimum absolute atomic E-state index is 0.0827. The third-order valence-electron chi connectivity index (χ3n) is 13.3. The number of methoxy groups -OCH3 is 1. The van der Waals surface area contributed by atoms with Crippen molar-refractivity contribution < 1.29 is 33.4 Å². The van der Waals surface area contributed by atoms with Gasteiger partial charge in [-0.1, -0.05) is 39.7 Å². The van der Waals surface area contributed by atoms with Gasteiger partial charge in [-0.2, -0.15) is 0 Å². The summed E-state index contributed by atoms with van der Waals surface area (Å²) in [6.45, 7) is 12.8. The Labute approximate surface area is 378 Å². The van der Waals surface area contributed by atoms with E-state index >= 15 is 0 Å². The number of esters is 1. The smallest absolute Gasteiger partial charge is 0.324 e. The summed E-state index contributed by atoms with van der Waals surface area (Å²) in [4.78, 5) is 82.5. The molecule has 3 aromatic heterocycles. The molecule has 15 nitrogen and oxygen atoms in total. The van der Waals surface area contributed by atoms with Gasteiger partial charge in [0.1, 0.15) is 18.1 Å². The number of nitrogens with one attached hydrogen (secondary N) is 2. The minimum Gasteiger partial charge on any atom is -0.464 e. The van der Waals surface area contributed by atoms with Gasteiger partial charge >= 0.3 is 5.97 Å². The molecule has 0 saturated carbocycles. The molecule has 0 radical (unpaired) electrons. The standard InChI is InChI=1S/C48H58N8O7S/c1-9-12-39(57)54-25-48(26-54)17-20-55(46(48)61)41(28(2)3)43(58)51-35-22-38-50-36(24-64-38)30-15-16-37-32(21-30)33(42(53(37)7)31-13-10-18-49-40(31)29(4)62-8)23-47(5,6)27-63-45(60)34-14-11-19-56(52-34)44(35)59/h10,13,15-16,18,21,24,28-29,34-35,41,52H,11,14,17,19-20,22-23,25-27H2,1-8H3,(H,51,58)/t29-,34-,35-,41-/m0/s1. The Morgan fingerprint density at radius 1 is 1.11 bits per heavy atom. The number of aryl methyl sites for hydroxylation is 1. The van der Waals surface area contributed by atoms with Gasteiger partial charge in [0.05, 0.1) is 40.2 Å². The maximum atomic E-state index is 14.6. The highest BCUT2D eigenvalue weighted by molar-refractivity contribution is 7.10. The van der Waals surface area contributed by atoms with E-state index in [0.717, 1.165) is 44.7 Å². The number of hydrogen-bond acceptors (Lipinski definition) is 11. The zero-order chi connectivity index (χ0) is 45.7. The second-order valence-corrected chi connectivity index (χ2v) is 19.8.